The lowest BCUT2D eigenvalue weighted by Gasteiger charge is -2.44. The van der Waals surface area contributed by atoms with E-state index in [9.17, 15) is 19.2 Å². The molecule has 2 heterocycles. The predicted molar refractivity (Wildman–Crippen MR) is 205 cm³/mol. The van der Waals surface area contributed by atoms with Gasteiger partial charge in [-0.2, -0.15) is 0 Å². The number of rotatable bonds is 19. The van der Waals surface area contributed by atoms with Crippen LogP contribution in [0.5, 0.6) is 11.5 Å². The van der Waals surface area contributed by atoms with Gasteiger partial charge in [-0.25, -0.2) is 0 Å². The molecule has 1 fully saturated rings. The highest BCUT2D eigenvalue weighted by Gasteiger charge is 2.53. The first-order valence-electron chi connectivity index (χ1n) is 20.1. The number of carbonyl (C=O) groups is 4. The summed E-state index contributed by atoms with van der Waals surface area (Å²) in [4.78, 5) is 48.6. The Morgan fingerprint density at radius 2 is 1.24 bits per heavy atom. The van der Waals surface area contributed by atoms with Crippen LogP contribution < -0.4 is 9.47 Å². The molecule has 2 unspecified atom stereocenters. The Bertz CT molecular complexity index is 1440. The van der Waals surface area contributed by atoms with Crippen molar-refractivity contribution >= 4 is 23.9 Å². The molecule has 8 atom stereocenters. The minimum absolute atomic E-state index is 0.288. The summed E-state index contributed by atoms with van der Waals surface area (Å²) in [5, 5.41) is 0. The molecule has 0 bridgehead atoms. The Kier molecular flexibility index (Phi) is 17.1. The van der Waals surface area contributed by atoms with E-state index in [1.165, 1.54) is 72.6 Å². The van der Waals surface area contributed by atoms with Crippen LogP contribution in [-0.4, -0.2) is 66.8 Å². The number of carbonyl (C=O) groups excluding carboxylic acids is 4. The third kappa shape index (κ3) is 13.2. The Morgan fingerprint density at radius 1 is 0.704 bits per heavy atom. The summed E-state index contributed by atoms with van der Waals surface area (Å²) >= 11 is 0. The second-order valence-electron chi connectivity index (χ2n) is 16.6. The molecule has 0 radical (unpaired) electrons. The fraction of sp³-hybridized carbons (Fsp3) is 0.767. The second-order valence-corrected chi connectivity index (χ2v) is 16.6. The maximum Gasteiger partial charge on any atom is 0.303 e. The molecule has 306 valence electrons. The van der Waals surface area contributed by atoms with Crippen LogP contribution in [0.1, 0.15) is 149 Å². The highest BCUT2D eigenvalue weighted by molar-refractivity contribution is 5.69. The molecule has 0 spiro atoms. The quantitative estimate of drug-likeness (QED) is 0.0992. The fourth-order valence-electron chi connectivity index (χ4n) is 7.84. The lowest BCUT2D eigenvalue weighted by molar-refractivity contribution is -0.288. The first kappa shape index (κ1) is 45.1. The SMILES string of the molecule is CC(=O)OC[C@H]1O[C@@H](Oc2c(C)c(C)c3c(c2C)CC[C@@](C)(CCC[C@H](C)CCC[C@H](C)CCCC(C)C)O3)C(OC(C)=O)[C@@H](OC(C)=O)C1OC(C)=O. The molecule has 0 amide bonds. The normalized spacial score (nSPS) is 24.8. The van der Waals surface area contributed by atoms with Crippen LogP contribution in [-0.2, 0) is 49.3 Å². The van der Waals surface area contributed by atoms with E-state index in [0.29, 0.717) is 11.7 Å². The van der Waals surface area contributed by atoms with Crippen molar-refractivity contribution in [3.8, 4) is 11.5 Å². The zero-order valence-corrected chi connectivity index (χ0v) is 35.1. The van der Waals surface area contributed by atoms with E-state index in [4.69, 9.17) is 33.2 Å². The van der Waals surface area contributed by atoms with Gasteiger partial charge in [0.25, 0.3) is 0 Å². The van der Waals surface area contributed by atoms with Crippen molar-refractivity contribution in [3.05, 3.63) is 22.3 Å². The van der Waals surface area contributed by atoms with E-state index in [-0.39, 0.29) is 12.2 Å². The average molecular weight is 761 g/mol. The molecule has 54 heavy (non-hydrogen) atoms. The van der Waals surface area contributed by atoms with Gasteiger partial charge in [0.2, 0.25) is 12.4 Å². The molecular weight excluding hydrogens is 692 g/mol. The zero-order valence-electron chi connectivity index (χ0n) is 35.1. The molecule has 0 aliphatic carbocycles. The summed E-state index contributed by atoms with van der Waals surface area (Å²) in [6.45, 7) is 22.0. The van der Waals surface area contributed by atoms with Crippen LogP contribution in [0.25, 0.3) is 0 Å². The molecular formula is C43H68O11. The maximum absolute atomic E-state index is 12.4. The highest BCUT2D eigenvalue weighted by Crippen LogP contribution is 2.46. The van der Waals surface area contributed by atoms with Crippen molar-refractivity contribution in [2.45, 2.75) is 190 Å². The van der Waals surface area contributed by atoms with Crippen molar-refractivity contribution in [1.29, 1.82) is 0 Å². The number of ether oxygens (including phenoxy) is 7. The molecule has 1 aromatic rings. The number of fused-ring (bicyclic) bond motifs is 1. The summed E-state index contributed by atoms with van der Waals surface area (Å²) < 4.78 is 41.7. The first-order chi connectivity index (χ1) is 25.3. The third-order valence-electron chi connectivity index (χ3n) is 11.0. The Labute approximate surface area is 323 Å². The molecule has 2 aliphatic heterocycles. The molecule has 2 aliphatic rings. The largest absolute Gasteiger partial charge is 0.487 e. The standard InChI is InChI=1S/C43H68O11/c1-25(2)16-13-17-26(3)18-14-19-27(4)20-15-22-43(12)23-21-35-30(7)37(28(5)29(6)38(35)54-43)53-42-41(51-34(11)47)40(50-33(10)46)39(49-32(9)45)36(52-42)24-48-31(8)44/h25-27,36,39-42H,13-24H2,1-12H3/t26-,27-,36-,39?,40+,41?,42+,43-/m1/s1. The van der Waals surface area contributed by atoms with Gasteiger partial charge < -0.3 is 33.2 Å². The third-order valence-corrected chi connectivity index (χ3v) is 11.0. The van der Waals surface area contributed by atoms with E-state index in [1.54, 1.807) is 0 Å². The smallest absolute Gasteiger partial charge is 0.303 e. The van der Waals surface area contributed by atoms with E-state index < -0.39 is 54.6 Å². The van der Waals surface area contributed by atoms with Crippen LogP contribution in [0.2, 0.25) is 0 Å². The van der Waals surface area contributed by atoms with E-state index in [0.717, 1.165) is 65.5 Å². The van der Waals surface area contributed by atoms with Gasteiger partial charge in [0.15, 0.2) is 12.2 Å². The summed E-state index contributed by atoms with van der Waals surface area (Å²) in [6.07, 6.45) is 6.49. The number of hydrogen-bond acceptors (Lipinski definition) is 11. The topological polar surface area (TPSA) is 133 Å². The summed E-state index contributed by atoms with van der Waals surface area (Å²) in [5.41, 5.74) is 3.35. The lowest BCUT2D eigenvalue weighted by atomic mass is 9.83. The molecule has 0 N–H and O–H groups in total. The second kappa shape index (κ2) is 20.5. The maximum atomic E-state index is 12.4. The monoisotopic (exact) mass is 760 g/mol. The van der Waals surface area contributed by atoms with Crippen LogP contribution in [0.3, 0.4) is 0 Å². The lowest BCUT2D eigenvalue weighted by Crippen LogP contribution is -2.63. The Morgan fingerprint density at radius 3 is 1.80 bits per heavy atom. The molecule has 11 heteroatoms. The first-order valence-corrected chi connectivity index (χ1v) is 20.1. The van der Waals surface area contributed by atoms with Gasteiger partial charge in [-0.1, -0.05) is 72.6 Å². The van der Waals surface area contributed by atoms with Crippen LogP contribution in [0.4, 0.5) is 0 Å². The van der Waals surface area contributed by atoms with Gasteiger partial charge in [-0.15, -0.1) is 0 Å². The molecule has 0 aromatic heterocycles. The van der Waals surface area contributed by atoms with E-state index >= 15 is 0 Å². The molecule has 3 rings (SSSR count). The highest BCUT2D eigenvalue weighted by atomic mass is 16.7. The Balaban J connectivity index is 1.77. The predicted octanol–water partition coefficient (Wildman–Crippen LogP) is 8.60. The van der Waals surface area contributed by atoms with E-state index in [2.05, 4.69) is 34.6 Å². The van der Waals surface area contributed by atoms with Crippen LogP contribution >= 0.6 is 0 Å². The molecule has 1 saturated heterocycles. The van der Waals surface area contributed by atoms with Gasteiger partial charge in [-0.3, -0.25) is 19.2 Å². The van der Waals surface area contributed by atoms with Crippen molar-refractivity contribution in [3.63, 3.8) is 0 Å². The number of benzene rings is 1. The van der Waals surface area contributed by atoms with Gasteiger partial charge >= 0.3 is 23.9 Å². The van der Waals surface area contributed by atoms with Crippen LogP contribution in [0, 0.1) is 38.5 Å². The zero-order chi connectivity index (χ0) is 40.3. The number of hydrogen-bond donors (Lipinski definition) is 0. The van der Waals surface area contributed by atoms with Gasteiger partial charge in [0.1, 0.15) is 29.8 Å². The van der Waals surface area contributed by atoms with Gasteiger partial charge in [-0.05, 0) is 87.8 Å². The average Bonchev–Trinajstić information content (AvgIpc) is 3.06. The summed E-state index contributed by atoms with van der Waals surface area (Å²) in [7, 11) is 0. The fourth-order valence-corrected chi connectivity index (χ4v) is 7.84. The number of esters is 4. The van der Waals surface area contributed by atoms with Crippen molar-refractivity contribution in [2.75, 3.05) is 6.61 Å². The molecule has 0 saturated carbocycles. The van der Waals surface area contributed by atoms with Gasteiger partial charge in [0.05, 0.1) is 0 Å². The van der Waals surface area contributed by atoms with Crippen molar-refractivity contribution < 1.29 is 52.3 Å². The van der Waals surface area contributed by atoms with E-state index in [1.807, 2.05) is 20.8 Å². The van der Waals surface area contributed by atoms with Crippen LogP contribution in [0.15, 0.2) is 0 Å². The Hall–Kier alpha value is -3.34. The summed E-state index contributed by atoms with van der Waals surface area (Å²) in [6, 6.07) is 0. The molecule has 1 aromatic carbocycles. The summed E-state index contributed by atoms with van der Waals surface area (Å²) in [5.74, 6) is 0.997. The van der Waals surface area contributed by atoms with Crippen molar-refractivity contribution in [2.24, 2.45) is 17.8 Å². The van der Waals surface area contributed by atoms with Gasteiger partial charge in [0, 0.05) is 33.3 Å². The minimum atomic E-state index is -1.32. The minimum Gasteiger partial charge on any atom is -0.487 e. The van der Waals surface area contributed by atoms with Crippen molar-refractivity contribution in [1.82, 2.24) is 0 Å². The molecule has 11 nitrogen and oxygen atoms in total.